The van der Waals surface area contributed by atoms with Crippen molar-refractivity contribution < 1.29 is 9.84 Å². The smallest absolute Gasteiger partial charge is 0.218 e. The van der Waals surface area contributed by atoms with Gasteiger partial charge in [0.25, 0.3) is 0 Å². The summed E-state index contributed by atoms with van der Waals surface area (Å²) in [6.07, 6.45) is 1.44. The van der Waals surface area contributed by atoms with Gasteiger partial charge < -0.3 is 20.1 Å². The lowest BCUT2D eigenvalue weighted by Crippen LogP contribution is -2.43. The summed E-state index contributed by atoms with van der Waals surface area (Å²) in [4.78, 5) is 9.99. The van der Waals surface area contributed by atoms with Crippen LogP contribution in [0.5, 0.6) is 5.88 Å². The lowest BCUT2D eigenvalue weighted by Gasteiger charge is -2.27. The van der Waals surface area contributed by atoms with Crippen LogP contribution in [0.1, 0.15) is 13.8 Å². The Morgan fingerprint density at radius 2 is 2.17 bits per heavy atom. The van der Waals surface area contributed by atoms with E-state index in [4.69, 9.17) is 4.74 Å². The SMILES string of the molecule is CCOc1cc(NCC(C)(O)CN(C)C)ncn1. The van der Waals surface area contributed by atoms with E-state index in [-0.39, 0.29) is 0 Å². The molecule has 0 saturated carbocycles. The standard InChI is InChI=1S/C12H22N4O2/c1-5-18-11-6-10(14-9-15-11)13-7-12(2,17)8-16(3)4/h6,9,17H,5,7-8H2,1-4H3,(H,13,14,15). The molecule has 0 saturated heterocycles. The minimum atomic E-state index is -0.819. The number of aliphatic hydroxyl groups is 1. The summed E-state index contributed by atoms with van der Waals surface area (Å²) in [5.41, 5.74) is -0.819. The van der Waals surface area contributed by atoms with E-state index in [0.29, 0.717) is 31.4 Å². The molecule has 0 fully saturated rings. The summed E-state index contributed by atoms with van der Waals surface area (Å²) < 4.78 is 5.28. The average molecular weight is 254 g/mol. The third-order valence-corrected chi connectivity index (χ3v) is 2.24. The van der Waals surface area contributed by atoms with Gasteiger partial charge in [-0.1, -0.05) is 0 Å². The Morgan fingerprint density at radius 3 is 2.78 bits per heavy atom. The van der Waals surface area contributed by atoms with Gasteiger partial charge in [0, 0.05) is 19.2 Å². The molecule has 102 valence electrons. The van der Waals surface area contributed by atoms with Gasteiger partial charge in [0.15, 0.2) is 0 Å². The Bertz CT molecular complexity index is 369. The first kappa shape index (κ1) is 14.7. The number of nitrogens with zero attached hydrogens (tertiary/aromatic N) is 3. The van der Waals surface area contributed by atoms with Crippen molar-refractivity contribution in [3.8, 4) is 5.88 Å². The highest BCUT2D eigenvalue weighted by atomic mass is 16.5. The largest absolute Gasteiger partial charge is 0.478 e. The fourth-order valence-electron chi connectivity index (χ4n) is 1.68. The summed E-state index contributed by atoms with van der Waals surface area (Å²) in [7, 11) is 3.85. The molecule has 0 bridgehead atoms. The summed E-state index contributed by atoms with van der Waals surface area (Å²) in [6.45, 7) is 5.23. The van der Waals surface area contributed by atoms with E-state index < -0.39 is 5.60 Å². The molecule has 0 aliphatic heterocycles. The predicted molar refractivity (Wildman–Crippen MR) is 70.9 cm³/mol. The molecule has 0 aliphatic carbocycles. The zero-order valence-electron chi connectivity index (χ0n) is 11.5. The molecular formula is C12H22N4O2. The van der Waals surface area contributed by atoms with Gasteiger partial charge in [-0.15, -0.1) is 0 Å². The van der Waals surface area contributed by atoms with Gasteiger partial charge in [-0.25, -0.2) is 9.97 Å². The zero-order valence-corrected chi connectivity index (χ0v) is 11.5. The lowest BCUT2D eigenvalue weighted by atomic mass is 10.1. The van der Waals surface area contributed by atoms with Crippen LogP contribution in [0, 0.1) is 0 Å². The van der Waals surface area contributed by atoms with Gasteiger partial charge in [-0.05, 0) is 27.9 Å². The molecule has 1 unspecified atom stereocenters. The third-order valence-electron chi connectivity index (χ3n) is 2.24. The molecule has 1 atom stereocenters. The van der Waals surface area contributed by atoms with Crippen molar-refractivity contribution in [2.24, 2.45) is 0 Å². The highest BCUT2D eigenvalue weighted by Gasteiger charge is 2.21. The van der Waals surface area contributed by atoms with E-state index in [2.05, 4.69) is 15.3 Å². The molecule has 1 rings (SSSR count). The van der Waals surface area contributed by atoms with E-state index in [0.717, 1.165) is 0 Å². The van der Waals surface area contributed by atoms with Crippen LogP contribution in [-0.4, -0.2) is 59.4 Å². The Labute approximate surface area is 108 Å². The fraction of sp³-hybridized carbons (Fsp3) is 0.667. The second-order valence-corrected chi connectivity index (χ2v) is 4.76. The monoisotopic (exact) mass is 254 g/mol. The van der Waals surface area contributed by atoms with Crippen molar-refractivity contribution in [3.05, 3.63) is 12.4 Å². The number of rotatable bonds is 7. The number of nitrogens with one attached hydrogen (secondary N) is 1. The molecule has 6 nitrogen and oxygen atoms in total. The highest BCUT2D eigenvalue weighted by Crippen LogP contribution is 2.12. The number of anilines is 1. The Morgan fingerprint density at radius 1 is 1.44 bits per heavy atom. The summed E-state index contributed by atoms with van der Waals surface area (Å²) in [6, 6.07) is 1.72. The topological polar surface area (TPSA) is 70.5 Å². The molecule has 1 aromatic rings. The van der Waals surface area contributed by atoms with Crippen LogP contribution >= 0.6 is 0 Å². The summed E-state index contributed by atoms with van der Waals surface area (Å²) >= 11 is 0. The minimum absolute atomic E-state index is 0.410. The molecule has 0 aliphatic rings. The van der Waals surface area contributed by atoms with Gasteiger partial charge in [0.05, 0.1) is 12.2 Å². The molecule has 2 N–H and O–H groups in total. The first-order valence-corrected chi connectivity index (χ1v) is 5.99. The van der Waals surface area contributed by atoms with Gasteiger partial charge >= 0.3 is 0 Å². The number of aromatic nitrogens is 2. The quantitative estimate of drug-likeness (QED) is 0.742. The second kappa shape index (κ2) is 6.51. The molecule has 18 heavy (non-hydrogen) atoms. The zero-order chi connectivity index (χ0) is 13.6. The molecule has 0 spiro atoms. The lowest BCUT2D eigenvalue weighted by molar-refractivity contribution is 0.0459. The Kier molecular flexibility index (Phi) is 5.30. The normalized spacial score (nSPS) is 14.3. The van der Waals surface area contributed by atoms with Crippen LogP contribution in [0.15, 0.2) is 12.4 Å². The maximum atomic E-state index is 10.1. The molecular weight excluding hydrogens is 232 g/mol. The van der Waals surface area contributed by atoms with Crippen molar-refractivity contribution in [2.75, 3.05) is 39.1 Å². The Hall–Kier alpha value is -1.40. The van der Waals surface area contributed by atoms with Crippen LogP contribution in [0.3, 0.4) is 0 Å². The van der Waals surface area contributed by atoms with Gasteiger partial charge in [-0.2, -0.15) is 0 Å². The summed E-state index contributed by atoms with van der Waals surface area (Å²) in [5.74, 6) is 1.18. The molecule has 6 heteroatoms. The van der Waals surface area contributed by atoms with E-state index in [1.807, 2.05) is 25.9 Å². The first-order chi connectivity index (χ1) is 8.43. The van der Waals surface area contributed by atoms with Crippen molar-refractivity contribution in [3.63, 3.8) is 0 Å². The van der Waals surface area contributed by atoms with Crippen LogP contribution < -0.4 is 10.1 Å². The summed E-state index contributed by atoms with van der Waals surface area (Å²) in [5, 5.41) is 13.2. The fourth-order valence-corrected chi connectivity index (χ4v) is 1.68. The van der Waals surface area contributed by atoms with Crippen LogP contribution in [-0.2, 0) is 0 Å². The molecule has 1 heterocycles. The first-order valence-electron chi connectivity index (χ1n) is 5.99. The third kappa shape index (κ3) is 5.29. The van der Waals surface area contributed by atoms with E-state index >= 15 is 0 Å². The number of likely N-dealkylation sites (N-methyl/N-ethyl adjacent to an activating group) is 1. The van der Waals surface area contributed by atoms with Crippen LogP contribution in [0.2, 0.25) is 0 Å². The van der Waals surface area contributed by atoms with Crippen LogP contribution in [0.25, 0.3) is 0 Å². The Balaban J connectivity index is 2.54. The maximum Gasteiger partial charge on any atom is 0.218 e. The minimum Gasteiger partial charge on any atom is -0.478 e. The van der Waals surface area contributed by atoms with Gasteiger partial charge in [0.2, 0.25) is 5.88 Å². The number of hydrogen-bond donors (Lipinski definition) is 2. The van der Waals surface area contributed by atoms with Crippen molar-refractivity contribution in [2.45, 2.75) is 19.4 Å². The molecule has 1 aromatic heterocycles. The van der Waals surface area contributed by atoms with E-state index in [1.54, 1.807) is 13.0 Å². The molecule has 0 amide bonds. The van der Waals surface area contributed by atoms with Gasteiger partial charge in [-0.3, -0.25) is 0 Å². The van der Waals surface area contributed by atoms with Crippen LogP contribution in [0.4, 0.5) is 5.82 Å². The van der Waals surface area contributed by atoms with Crippen molar-refractivity contribution >= 4 is 5.82 Å². The second-order valence-electron chi connectivity index (χ2n) is 4.76. The molecule has 0 radical (unpaired) electrons. The van der Waals surface area contributed by atoms with E-state index in [9.17, 15) is 5.11 Å². The van der Waals surface area contributed by atoms with Gasteiger partial charge in [0.1, 0.15) is 12.1 Å². The number of ether oxygens (including phenoxy) is 1. The van der Waals surface area contributed by atoms with E-state index in [1.165, 1.54) is 6.33 Å². The predicted octanol–water partition coefficient (Wildman–Crippen LogP) is 0.600. The van der Waals surface area contributed by atoms with Crippen molar-refractivity contribution in [1.82, 2.24) is 14.9 Å². The number of hydrogen-bond acceptors (Lipinski definition) is 6. The maximum absolute atomic E-state index is 10.1. The highest BCUT2D eigenvalue weighted by molar-refractivity contribution is 5.37. The molecule has 0 aromatic carbocycles. The average Bonchev–Trinajstić information content (AvgIpc) is 2.26. The van der Waals surface area contributed by atoms with Crippen molar-refractivity contribution in [1.29, 1.82) is 0 Å².